The largest absolute Gasteiger partial charge is 0.381 e. The van der Waals surface area contributed by atoms with Crippen molar-refractivity contribution in [2.45, 2.75) is 32.2 Å². The van der Waals surface area contributed by atoms with Crippen LogP contribution in [0, 0.1) is 5.41 Å². The van der Waals surface area contributed by atoms with Crippen LogP contribution in [0.5, 0.6) is 0 Å². The predicted molar refractivity (Wildman–Crippen MR) is 49.2 cm³/mol. The molecule has 0 aliphatic carbocycles. The molecule has 2 fully saturated rings. The summed E-state index contributed by atoms with van der Waals surface area (Å²) in [5.74, 6) is 0. The summed E-state index contributed by atoms with van der Waals surface area (Å²) in [4.78, 5) is 2.49. The quantitative estimate of drug-likeness (QED) is 0.545. The smallest absolute Gasteiger partial charge is 0.0471 e. The van der Waals surface area contributed by atoms with E-state index in [4.69, 9.17) is 4.74 Å². The Morgan fingerprint density at radius 1 is 1.25 bits per heavy atom. The van der Waals surface area contributed by atoms with Gasteiger partial charge in [-0.2, -0.15) is 0 Å². The summed E-state index contributed by atoms with van der Waals surface area (Å²) in [5.41, 5.74) is 0.604. The van der Waals surface area contributed by atoms with Gasteiger partial charge in [-0.1, -0.05) is 0 Å². The minimum absolute atomic E-state index is 0.604. The van der Waals surface area contributed by atoms with Crippen molar-refractivity contribution in [3.05, 3.63) is 0 Å². The highest BCUT2D eigenvalue weighted by atomic mass is 16.5. The predicted octanol–water partition coefficient (Wildman–Crippen LogP) is 1.51. The monoisotopic (exact) mass is 169 g/mol. The zero-order valence-corrected chi connectivity index (χ0v) is 8.18. The second-order valence-corrected chi connectivity index (χ2v) is 4.38. The van der Waals surface area contributed by atoms with Crippen molar-refractivity contribution in [3.63, 3.8) is 0 Å². The van der Waals surface area contributed by atoms with Gasteiger partial charge in [-0.3, -0.25) is 0 Å². The minimum atomic E-state index is 0.604. The first kappa shape index (κ1) is 8.52. The van der Waals surface area contributed by atoms with Crippen molar-refractivity contribution in [1.82, 2.24) is 4.90 Å². The van der Waals surface area contributed by atoms with Gasteiger partial charge in [-0.25, -0.2) is 0 Å². The molecule has 12 heavy (non-hydrogen) atoms. The molecule has 2 heterocycles. The Labute approximate surface area is 74.9 Å². The summed E-state index contributed by atoms with van der Waals surface area (Å²) >= 11 is 0. The molecule has 2 nitrogen and oxygen atoms in total. The lowest BCUT2D eigenvalue weighted by Crippen LogP contribution is -2.39. The standard InChI is InChI=1S/C10H19NO/c1-9-10(3-6-11(9)2)4-7-12-8-5-10/h9H,3-8H2,1-2H3. The number of nitrogens with zero attached hydrogens (tertiary/aromatic N) is 1. The lowest BCUT2D eigenvalue weighted by molar-refractivity contribution is 0.00181. The lowest BCUT2D eigenvalue weighted by atomic mass is 9.74. The molecule has 0 amide bonds. The van der Waals surface area contributed by atoms with E-state index in [1.165, 1.54) is 25.8 Å². The normalized spacial score (nSPS) is 36.0. The number of hydrogen-bond donors (Lipinski definition) is 0. The van der Waals surface area contributed by atoms with E-state index in [1.807, 2.05) is 0 Å². The first-order valence-corrected chi connectivity index (χ1v) is 5.03. The first-order chi connectivity index (χ1) is 5.75. The fraction of sp³-hybridized carbons (Fsp3) is 1.00. The third-order valence-electron chi connectivity index (χ3n) is 4.00. The van der Waals surface area contributed by atoms with Crippen molar-refractivity contribution in [1.29, 1.82) is 0 Å². The molecule has 2 aliphatic heterocycles. The zero-order valence-electron chi connectivity index (χ0n) is 8.18. The van der Waals surface area contributed by atoms with Crippen LogP contribution >= 0.6 is 0 Å². The first-order valence-electron chi connectivity index (χ1n) is 5.03. The summed E-state index contributed by atoms with van der Waals surface area (Å²) in [6.07, 6.45) is 3.94. The van der Waals surface area contributed by atoms with Crippen LogP contribution in [0.25, 0.3) is 0 Å². The highest BCUT2D eigenvalue weighted by Gasteiger charge is 2.43. The molecule has 2 heteroatoms. The molecule has 0 aromatic rings. The molecule has 1 unspecified atom stereocenters. The minimum Gasteiger partial charge on any atom is -0.381 e. The van der Waals surface area contributed by atoms with E-state index < -0.39 is 0 Å². The zero-order chi connectivity index (χ0) is 8.60. The molecule has 70 valence electrons. The van der Waals surface area contributed by atoms with Crippen molar-refractivity contribution < 1.29 is 4.74 Å². The number of rotatable bonds is 0. The van der Waals surface area contributed by atoms with Crippen LogP contribution in [0.2, 0.25) is 0 Å². The second-order valence-electron chi connectivity index (χ2n) is 4.38. The van der Waals surface area contributed by atoms with Gasteiger partial charge < -0.3 is 9.64 Å². The fourth-order valence-electron chi connectivity index (χ4n) is 2.71. The molecule has 1 atom stereocenters. The summed E-state index contributed by atoms with van der Waals surface area (Å²) in [6, 6.07) is 0.765. The topological polar surface area (TPSA) is 12.5 Å². The van der Waals surface area contributed by atoms with Crippen LogP contribution in [0.4, 0.5) is 0 Å². The lowest BCUT2D eigenvalue weighted by Gasteiger charge is -2.38. The molecular weight excluding hydrogens is 150 g/mol. The van der Waals surface area contributed by atoms with Crippen LogP contribution < -0.4 is 0 Å². The van der Waals surface area contributed by atoms with E-state index >= 15 is 0 Å². The van der Waals surface area contributed by atoms with Crippen molar-refractivity contribution >= 4 is 0 Å². The third kappa shape index (κ3) is 1.17. The van der Waals surface area contributed by atoms with Gasteiger partial charge in [0, 0.05) is 19.3 Å². The van der Waals surface area contributed by atoms with Crippen LogP contribution in [0.3, 0.4) is 0 Å². The molecular formula is C10H19NO. The molecule has 0 N–H and O–H groups in total. The summed E-state index contributed by atoms with van der Waals surface area (Å²) in [5, 5.41) is 0. The van der Waals surface area contributed by atoms with E-state index in [1.54, 1.807) is 0 Å². The summed E-state index contributed by atoms with van der Waals surface area (Å²) in [7, 11) is 2.24. The van der Waals surface area contributed by atoms with Gasteiger partial charge in [0.15, 0.2) is 0 Å². The van der Waals surface area contributed by atoms with Crippen molar-refractivity contribution in [3.8, 4) is 0 Å². The molecule has 2 rings (SSSR count). The van der Waals surface area contributed by atoms with E-state index in [0.717, 1.165) is 19.3 Å². The number of hydrogen-bond acceptors (Lipinski definition) is 2. The Hall–Kier alpha value is -0.0800. The molecule has 0 saturated carbocycles. The molecule has 1 spiro atoms. The van der Waals surface area contributed by atoms with Crippen LogP contribution in [0.1, 0.15) is 26.2 Å². The van der Waals surface area contributed by atoms with Gasteiger partial charge >= 0.3 is 0 Å². The molecule has 0 radical (unpaired) electrons. The molecule has 2 saturated heterocycles. The third-order valence-corrected chi connectivity index (χ3v) is 4.00. The van der Waals surface area contributed by atoms with Crippen LogP contribution in [-0.4, -0.2) is 37.7 Å². The van der Waals surface area contributed by atoms with Gasteiger partial charge in [-0.05, 0) is 45.2 Å². The Kier molecular flexibility index (Phi) is 2.13. The van der Waals surface area contributed by atoms with Gasteiger partial charge in [0.2, 0.25) is 0 Å². The Morgan fingerprint density at radius 3 is 2.42 bits per heavy atom. The SMILES string of the molecule is CC1N(C)CCC12CCOCC2. The maximum Gasteiger partial charge on any atom is 0.0471 e. The van der Waals surface area contributed by atoms with Crippen LogP contribution in [-0.2, 0) is 4.74 Å². The Bertz CT molecular complexity index is 158. The maximum atomic E-state index is 5.42. The van der Waals surface area contributed by atoms with Crippen molar-refractivity contribution in [2.75, 3.05) is 26.8 Å². The Morgan fingerprint density at radius 2 is 1.92 bits per heavy atom. The van der Waals surface area contributed by atoms with Gasteiger partial charge in [-0.15, -0.1) is 0 Å². The maximum absolute atomic E-state index is 5.42. The van der Waals surface area contributed by atoms with E-state index in [2.05, 4.69) is 18.9 Å². The molecule has 0 aromatic carbocycles. The molecule has 0 aromatic heterocycles. The summed E-state index contributed by atoms with van der Waals surface area (Å²) in [6.45, 7) is 5.62. The number of likely N-dealkylation sites (tertiary alicyclic amines) is 1. The van der Waals surface area contributed by atoms with Gasteiger partial charge in [0.1, 0.15) is 0 Å². The van der Waals surface area contributed by atoms with E-state index in [0.29, 0.717) is 5.41 Å². The fourth-order valence-corrected chi connectivity index (χ4v) is 2.71. The highest BCUT2D eigenvalue weighted by Crippen LogP contribution is 2.43. The van der Waals surface area contributed by atoms with E-state index in [-0.39, 0.29) is 0 Å². The number of ether oxygens (including phenoxy) is 1. The average Bonchev–Trinajstić information content (AvgIpc) is 2.37. The van der Waals surface area contributed by atoms with Crippen LogP contribution in [0.15, 0.2) is 0 Å². The van der Waals surface area contributed by atoms with Gasteiger partial charge in [0.25, 0.3) is 0 Å². The average molecular weight is 169 g/mol. The molecule has 2 aliphatic rings. The van der Waals surface area contributed by atoms with Crippen molar-refractivity contribution in [2.24, 2.45) is 5.41 Å². The van der Waals surface area contributed by atoms with E-state index in [9.17, 15) is 0 Å². The second kappa shape index (κ2) is 3.00. The highest BCUT2D eigenvalue weighted by molar-refractivity contribution is 4.96. The summed E-state index contributed by atoms with van der Waals surface area (Å²) < 4.78 is 5.42. The van der Waals surface area contributed by atoms with Gasteiger partial charge in [0.05, 0.1) is 0 Å². The molecule has 0 bridgehead atoms. The Balaban J connectivity index is 2.09.